The molecule has 2 aromatic heterocycles. The van der Waals surface area contributed by atoms with Crippen LogP contribution in [-0.4, -0.2) is 51.0 Å². The molecule has 0 amide bonds. The SMILES string of the molecule is CCOC(=O)C(Cc1cccc([N+](=O)[O-])c1)c1ccc2nsnc2c1.O=C(O)C(Cc1cccc([N+](=O)[O-])c1)c1ccc2nsnc2c1. The van der Waals surface area contributed by atoms with Gasteiger partial charge in [-0.3, -0.25) is 29.8 Å². The molecule has 2 heterocycles. The van der Waals surface area contributed by atoms with Crippen LogP contribution in [0.3, 0.4) is 0 Å². The first-order valence-electron chi connectivity index (χ1n) is 14.4. The van der Waals surface area contributed by atoms with E-state index in [1.165, 1.54) is 24.3 Å². The topological polar surface area (TPSA) is 201 Å². The number of aliphatic carboxylic acids is 1. The van der Waals surface area contributed by atoms with Crippen molar-refractivity contribution in [1.29, 1.82) is 0 Å². The summed E-state index contributed by atoms with van der Waals surface area (Å²) in [7, 11) is 0. The van der Waals surface area contributed by atoms with Crippen molar-refractivity contribution in [3.05, 3.63) is 127 Å². The van der Waals surface area contributed by atoms with E-state index in [9.17, 15) is 34.9 Å². The van der Waals surface area contributed by atoms with Crippen LogP contribution in [0, 0.1) is 20.2 Å². The first kappa shape index (κ1) is 33.6. The number of fused-ring (bicyclic) bond motifs is 2. The lowest BCUT2D eigenvalue weighted by Crippen LogP contribution is -2.18. The van der Waals surface area contributed by atoms with E-state index in [1.54, 1.807) is 49.4 Å². The summed E-state index contributed by atoms with van der Waals surface area (Å²) in [6.07, 6.45) is 0.476. The van der Waals surface area contributed by atoms with Gasteiger partial charge in [-0.1, -0.05) is 36.4 Å². The number of nitro benzene ring substituents is 2. The van der Waals surface area contributed by atoms with Crippen LogP contribution in [0.5, 0.6) is 0 Å². The highest BCUT2D eigenvalue weighted by Gasteiger charge is 2.25. The monoisotopic (exact) mass is 686 g/mol. The first-order chi connectivity index (χ1) is 23.1. The zero-order chi connectivity index (χ0) is 34.2. The molecule has 4 aromatic carbocycles. The van der Waals surface area contributed by atoms with Crippen LogP contribution in [-0.2, 0) is 27.2 Å². The molecular weight excluding hydrogens is 661 g/mol. The highest BCUT2D eigenvalue weighted by molar-refractivity contribution is 7.00. The van der Waals surface area contributed by atoms with Crippen molar-refractivity contribution in [2.24, 2.45) is 0 Å². The largest absolute Gasteiger partial charge is 0.481 e. The highest BCUT2D eigenvalue weighted by Crippen LogP contribution is 2.28. The molecule has 0 spiro atoms. The van der Waals surface area contributed by atoms with E-state index >= 15 is 0 Å². The number of ether oxygens (including phenoxy) is 1. The Morgan fingerprint density at radius 1 is 0.708 bits per heavy atom. The highest BCUT2D eigenvalue weighted by atomic mass is 32.1. The third-order valence-corrected chi connectivity index (χ3v) is 8.47. The lowest BCUT2D eigenvalue weighted by molar-refractivity contribution is -0.385. The van der Waals surface area contributed by atoms with Crippen molar-refractivity contribution in [1.82, 2.24) is 17.5 Å². The fourth-order valence-electron chi connectivity index (χ4n) is 5.03. The molecule has 16 heteroatoms. The number of hydrogen-bond donors (Lipinski definition) is 1. The van der Waals surface area contributed by atoms with Crippen molar-refractivity contribution in [2.45, 2.75) is 31.6 Å². The molecule has 0 radical (unpaired) electrons. The third-order valence-electron chi connectivity index (χ3n) is 7.35. The summed E-state index contributed by atoms with van der Waals surface area (Å²) in [4.78, 5) is 44.9. The van der Waals surface area contributed by atoms with Crippen molar-refractivity contribution >= 4 is 68.8 Å². The van der Waals surface area contributed by atoms with E-state index in [1.807, 2.05) is 18.2 Å². The van der Waals surface area contributed by atoms with Crippen molar-refractivity contribution in [3.63, 3.8) is 0 Å². The lowest BCUT2D eigenvalue weighted by atomic mass is 9.91. The molecule has 0 saturated heterocycles. The van der Waals surface area contributed by atoms with Gasteiger partial charge in [0.2, 0.25) is 0 Å². The maximum absolute atomic E-state index is 12.5. The molecule has 0 bridgehead atoms. The van der Waals surface area contributed by atoms with Crippen LogP contribution in [0.25, 0.3) is 22.1 Å². The predicted octanol–water partition coefficient (Wildman–Crippen LogP) is 6.50. The molecule has 0 aliphatic rings. The van der Waals surface area contributed by atoms with Gasteiger partial charge in [0.05, 0.1) is 51.7 Å². The van der Waals surface area contributed by atoms with E-state index in [-0.39, 0.29) is 30.4 Å². The minimum atomic E-state index is -0.987. The molecule has 0 aliphatic carbocycles. The summed E-state index contributed by atoms with van der Waals surface area (Å²) >= 11 is 2.18. The van der Waals surface area contributed by atoms with Gasteiger partial charge in [-0.05, 0) is 66.3 Å². The quantitative estimate of drug-likeness (QED) is 0.0882. The number of carboxylic acid groups (broad SMARTS) is 1. The van der Waals surface area contributed by atoms with E-state index in [0.29, 0.717) is 28.6 Å². The number of esters is 1. The Morgan fingerprint density at radius 2 is 1.17 bits per heavy atom. The smallest absolute Gasteiger partial charge is 0.313 e. The van der Waals surface area contributed by atoms with Gasteiger partial charge < -0.3 is 9.84 Å². The number of hydrogen-bond acceptors (Lipinski definition) is 13. The van der Waals surface area contributed by atoms with Crippen molar-refractivity contribution in [2.75, 3.05) is 6.61 Å². The molecule has 2 atom stereocenters. The minimum Gasteiger partial charge on any atom is -0.481 e. The normalized spacial score (nSPS) is 12.1. The van der Waals surface area contributed by atoms with Gasteiger partial charge in [-0.25, -0.2) is 0 Å². The second kappa shape index (κ2) is 15.2. The van der Waals surface area contributed by atoms with Crippen LogP contribution in [0.15, 0.2) is 84.9 Å². The number of benzene rings is 4. The molecule has 0 aliphatic heterocycles. The molecule has 14 nitrogen and oxygen atoms in total. The van der Waals surface area contributed by atoms with Crippen LogP contribution in [0.2, 0.25) is 0 Å². The second-order valence-corrected chi connectivity index (χ2v) is 11.5. The molecule has 2 unspecified atom stereocenters. The van der Waals surface area contributed by atoms with Crippen LogP contribution < -0.4 is 0 Å². The molecular formula is C32H26N6O8S2. The van der Waals surface area contributed by atoms with Gasteiger partial charge in [-0.2, -0.15) is 17.5 Å². The number of carboxylic acids is 1. The maximum atomic E-state index is 12.5. The summed E-state index contributed by atoms with van der Waals surface area (Å²) in [5, 5.41) is 31.3. The zero-order valence-corrected chi connectivity index (χ0v) is 26.8. The summed E-state index contributed by atoms with van der Waals surface area (Å²) in [6.45, 7) is 2.01. The number of carbonyl (C=O) groups is 2. The Balaban J connectivity index is 0.000000188. The predicted molar refractivity (Wildman–Crippen MR) is 178 cm³/mol. The average molecular weight is 687 g/mol. The van der Waals surface area contributed by atoms with E-state index in [2.05, 4.69) is 17.5 Å². The Bertz CT molecular complexity index is 2120. The van der Waals surface area contributed by atoms with Gasteiger partial charge in [0.15, 0.2) is 0 Å². The van der Waals surface area contributed by atoms with Crippen LogP contribution in [0.1, 0.15) is 41.0 Å². The minimum absolute atomic E-state index is 0.000683. The Labute approximate surface area is 280 Å². The fourth-order valence-corrected chi connectivity index (χ4v) is 6.06. The van der Waals surface area contributed by atoms with Crippen molar-refractivity contribution < 1.29 is 29.3 Å². The number of rotatable bonds is 11. The zero-order valence-electron chi connectivity index (χ0n) is 25.2. The molecule has 244 valence electrons. The van der Waals surface area contributed by atoms with E-state index < -0.39 is 27.7 Å². The van der Waals surface area contributed by atoms with Gasteiger partial charge in [-0.15, -0.1) is 0 Å². The van der Waals surface area contributed by atoms with E-state index in [4.69, 9.17) is 4.74 Å². The standard InChI is InChI=1S/C17H15N3O4S.C15H11N3O4S/c1-2-24-17(21)14(9-11-4-3-5-13(8-11)20(22)23)12-6-7-15-16(10-12)19-25-18-15;19-15(20)12(7-9-2-1-3-11(6-9)18(21)22)10-4-5-13-14(8-10)17-23-16-13/h3-8,10,14H,2,9H2,1H3;1-6,8,12H,7H2,(H,19,20). The second-order valence-electron chi connectivity index (χ2n) is 10.5. The Kier molecular flexibility index (Phi) is 10.7. The van der Waals surface area contributed by atoms with Crippen molar-refractivity contribution in [3.8, 4) is 0 Å². The molecule has 0 saturated carbocycles. The third kappa shape index (κ3) is 8.15. The number of aromatic nitrogens is 4. The molecule has 6 aromatic rings. The van der Waals surface area contributed by atoms with Gasteiger partial charge in [0.1, 0.15) is 22.1 Å². The van der Waals surface area contributed by atoms with Gasteiger partial charge in [0, 0.05) is 24.3 Å². The van der Waals surface area contributed by atoms with Gasteiger partial charge >= 0.3 is 11.9 Å². The van der Waals surface area contributed by atoms with Crippen LogP contribution >= 0.6 is 23.5 Å². The summed E-state index contributed by atoms with van der Waals surface area (Å²) in [5.41, 5.74) is 5.46. The summed E-state index contributed by atoms with van der Waals surface area (Å²) < 4.78 is 21.8. The van der Waals surface area contributed by atoms with E-state index in [0.717, 1.165) is 45.6 Å². The van der Waals surface area contributed by atoms with Crippen LogP contribution in [0.4, 0.5) is 11.4 Å². The average Bonchev–Trinajstić information content (AvgIpc) is 3.75. The Morgan fingerprint density at radius 3 is 1.62 bits per heavy atom. The molecule has 48 heavy (non-hydrogen) atoms. The summed E-state index contributed by atoms with van der Waals surface area (Å²) in [5.74, 6) is -2.72. The number of non-ortho nitro benzene ring substituents is 2. The lowest BCUT2D eigenvalue weighted by Gasteiger charge is -2.16. The fraction of sp³-hybridized carbons (Fsp3) is 0.188. The van der Waals surface area contributed by atoms with Gasteiger partial charge in [0.25, 0.3) is 11.4 Å². The summed E-state index contributed by atoms with van der Waals surface area (Å²) in [6, 6.07) is 22.9. The Hall–Kier alpha value is -5.74. The maximum Gasteiger partial charge on any atom is 0.313 e. The molecule has 6 rings (SSSR count). The number of carbonyl (C=O) groups excluding carboxylic acids is 1. The molecule has 0 fully saturated rings. The molecule has 1 N–H and O–H groups in total. The number of nitrogens with zero attached hydrogens (tertiary/aromatic N) is 6. The number of nitro groups is 2. The first-order valence-corrected chi connectivity index (χ1v) is 15.9.